The lowest BCUT2D eigenvalue weighted by Crippen LogP contribution is -2.59. The molecule has 0 spiro atoms. The van der Waals surface area contributed by atoms with Gasteiger partial charge in [0.1, 0.15) is 0 Å². The van der Waals surface area contributed by atoms with Crippen LogP contribution in [0.3, 0.4) is 0 Å². The number of fused-ring (bicyclic) bond motifs is 5. The van der Waals surface area contributed by atoms with Gasteiger partial charge in [0.25, 0.3) is 0 Å². The summed E-state index contributed by atoms with van der Waals surface area (Å²) in [4.78, 5) is 0. The minimum Gasteiger partial charge on any atom is -0.393 e. The summed E-state index contributed by atoms with van der Waals surface area (Å²) >= 11 is 0. The molecule has 4 aliphatic carbocycles. The molecule has 0 amide bonds. The molecule has 3 saturated carbocycles. The summed E-state index contributed by atoms with van der Waals surface area (Å²) in [6.45, 7) is 10.7. The number of hydrogen-bond acceptors (Lipinski definition) is 4. The third-order valence-electron chi connectivity index (χ3n) is 10.4. The van der Waals surface area contributed by atoms with Gasteiger partial charge in [-0.2, -0.15) is 0 Å². The molecule has 31 heavy (non-hydrogen) atoms. The van der Waals surface area contributed by atoms with E-state index < -0.39 is 11.7 Å². The highest BCUT2D eigenvalue weighted by atomic mass is 16.3. The van der Waals surface area contributed by atoms with Gasteiger partial charge in [-0.25, -0.2) is 0 Å². The fourth-order valence-corrected chi connectivity index (χ4v) is 8.62. The average Bonchev–Trinajstić information content (AvgIpc) is 3.01. The number of rotatable bonds is 5. The lowest BCUT2D eigenvalue weighted by atomic mass is 9.45. The molecule has 2 unspecified atom stereocenters. The van der Waals surface area contributed by atoms with Crippen molar-refractivity contribution in [1.82, 2.24) is 0 Å². The predicted molar refractivity (Wildman–Crippen MR) is 123 cm³/mol. The third kappa shape index (κ3) is 3.94. The Labute approximate surface area is 189 Å². The molecule has 4 N–H and O–H groups in total. The highest BCUT2D eigenvalue weighted by Crippen LogP contribution is 2.67. The summed E-state index contributed by atoms with van der Waals surface area (Å²) in [6, 6.07) is 0. The Hall–Kier alpha value is -0.420. The first-order valence-corrected chi connectivity index (χ1v) is 12.9. The third-order valence-corrected chi connectivity index (χ3v) is 10.4. The zero-order valence-electron chi connectivity index (χ0n) is 20.3. The van der Waals surface area contributed by atoms with Crippen molar-refractivity contribution in [3.05, 3.63) is 11.6 Å². The van der Waals surface area contributed by atoms with Crippen molar-refractivity contribution >= 4 is 0 Å². The summed E-state index contributed by atoms with van der Waals surface area (Å²) in [5.41, 5.74) is 0.470. The molecule has 0 saturated heterocycles. The molecule has 4 aliphatic rings. The van der Waals surface area contributed by atoms with Crippen molar-refractivity contribution in [2.24, 2.45) is 40.4 Å². The number of aliphatic hydroxyl groups is 4. The lowest BCUT2D eigenvalue weighted by Gasteiger charge is -2.61. The van der Waals surface area contributed by atoms with Crippen LogP contribution < -0.4 is 0 Å². The molecule has 0 aromatic rings. The molecule has 0 aliphatic heterocycles. The van der Waals surface area contributed by atoms with Gasteiger partial charge in [0, 0.05) is 0 Å². The smallest absolute Gasteiger partial charge is 0.0757 e. The van der Waals surface area contributed by atoms with Gasteiger partial charge >= 0.3 is 0 Å². The Balaban J connectivity index is 1.57. The molecule has 178 valence electrons. The van der Waals surface area contributed by atoms with Crippen LogP contribution in [0.2, 0.25) is 0 Å². The van der Waals surface area contributed by atoms with Crippen LogP contribution in [0.5, 0.6) is 0 Å². The van der Waals surface area contributed by atoms with Crippen LogP contribution in [0.15, 0.2) is 11.6 Å². The Kier molecular flexibility index (Phi) is 6.21. The minimum atomic E-state index is -0.612. The molecular formula is C27H46O4. The second kappa shape index (κ2) is 8.11. The molecule has 0 aromatic carbocycles. The molecule has 0 heterocycles. The normalized spacial score (nSPS) is 48.4. The van der Waals surface area contributed by atoms with Crippen LogP contribution >= 0.6 is 0 Å². The van der Waals surface area contributed by atoms with Crippen molar-refractivity contribution < 1.29 is 20.4 Å². The first-order valence-electron chi connectivity index (χ1n) is 12.9. The summed E-state index contributed by atoms with van der Waals surface area (Å²) in [5, 5.41) is 43.2. The van der Waals surface area contributed by atoms with Crippen LogP contribution in [-0.2, 0) is 0 Å². The van der Waals surface area contributed by atoms with Crippen LogP contribution in [0.1, 0.15) is 92.4 Å². The Morgan fingerprint density at radius 2 is 1.81 bits per heavy atom. The van der Waals surface area contributed by atoms with E-state index in [1.807, 2.05) is 13.8 Å². The second-order valence-corrected chi connectivity index (χ2v) is 12.8. The topological polar surface area (TPSA) is 80.9 Å². The van der Waals surface area contributed by atoms with E-state index in [1.54, 1.807) is 0 Å². The van der Waals surface area contributed by atoms with Gasteiger partial charge in [0.2, 0.25) is 0 Å². The monoisotopic (exact) mass is 434 g/mol. The van der Waals surface area contributed by atoms with E-state index >= 15 is 0 Å². The minimum absolute atomic E-state index is 0.00183. The van der Waals surface area contributed by atoms with Gasteiger partial charge in [-0.05, 0) is 99.2 Å². The van der Waals surface area contributed by atoms with Crippen molar-refractivity contribution in [2.45, 2.75) is 116 Å². The SMILES string of the molecule is C[C@H](CCCC(C)(C)O)[C@H]1CC[C@H]2[C@@H]3C(O)C=C4C[C@@H](O)CC[C@]4(C)[C@H]3CC(O)[C@]12C. The fourth-order valence-electron chi connectivity index (χ4n) is 8.62. The molecule has 0 radical (unpaired) electrons. The van der Waals surface area contributed by atoms with Crippen LogP contribution in [0.4, 0.5) is 0 Å². The molecular weight excluding hydrogens is 388 g/mol. The molecule has 3 fully saturated rings. The molecule has 0 aromatic heterocycles. The van der Waals surface area contributed by atoms with Gasteiger partial charge < -0.3 is 20.4 Å². The van der Waals surface area contributed by atoms with Gasteiger partial charge in [-0.3, -0.25) is 0 Å². The molecule has 0 bridgehead atoms. The van der Waals surface area contributed by atoms with Crippen molar-refractivity contribution in [1.29, 1.82) is 0 Å². The molecule has 4 nitrogen and oxygen atoms in total. The first-order chi connectivity index (χ1) is 14.4. The van der Waals surface area contributed by atoms with E-state index in [9.17, 15) is 20.4 Å². The quantitative estimate of drug-likeness (QED) is 0.482. The lowest BCUT2D eigenvalue weighted by molar-refractivity contribution is -0.158. The van der Waals surface area contributed by atoms with E-state index in [0.29, 0.717) is 30.1 Å². The Morgan fingerprint density at radius 1 is 1.10 bits per heavy atom. The maximum atomic E-state index is 11.6. The predicted octanol–water partition coefficient (Wildman–Crippen LogP) is 4.45. The fraction of sp³-hybridized carbons (Fsp3) is 0.926. The van der Waals surface area contributed by atoms with Crippen molar-refractivity contribution in [2.75, 3.05) is 0 Å². The van der Waals surface area contributed by atoms with Gasteiger partial charge in [-0.15, -0.1) is 0 Å². The standard InChI is InChI=1S/C27H46O4/c1-16(7-6-11-25(2,3)31)19-8-9-20-24-21(15-23(30)27(19,20)5)26(4)12-10-18(28)13-17(26)14-22(24)29/h14,16,18-24,28-31H,6-13,15H2,1-5H3/t16-,18+,19-,20+,21+,22?,23?,24+,26+,27-/m1/s1. The summed E-state index contributed by atoms with van der Waals surface area (Å²) in [7, 11) is 0. The summed E-state index contributed by atoms with van der Waals surface area (Å²) < 4.78 is 0. The second-order valence-electron chi connectivity index (χ2n) is 12.8. The van der Waals surface area contributed by atoms with E-state index in [-0.39, 0.29) is 29.0 Å². The maximum Gasteiger partial charge on any atom is 0.0757 e. The molecule has 10 atom stereocenters. The number of hydrogen-bond donors (Lipinski definition) is 4. The summed E-state index contributed by atoms with van der Waals surface area (Å²) in [6.07, 6.45) is 9.36. The van der Waals surface area contributed by atoms with Crippen LogP contribution in [-0.4, -0.2) is 44.3 Å². The number of aliphatic hydroxyl groups excluding tert-OH is 3. The van der Waals surface area contributed by atoms with Gasteiger partial charge in [0.15, 0.2) is 0 Å². The van der Waals surface area contributed by atoms with Gasteiger partial charge in [0.05, 0.1) is 23.9 Å². The summed E-state index contributed by atoms with van der Waals surface area (Å²) in [5.74, 6) is 1.84. The molecule has 4 heteroatoms. The maximum absolute atomic E-state index is 11.6. The van der Waals surface area contributed by atoms with Crippen LogP contribution in [0, 0.1) is 40.4 Å². The van der Waals surface area contributed by atoms with Gasteiger partial charge in [-0.1, -0.05) is 45.3 Å². The largest absolute Gasteiger partial charge is 0.393 e. The Morgan fingerprint density at radius 3 is 2.48 bits per heavy atom. The Bertz CT molecular complexity index is 696. The highest BCUT2D eigenvalue weighted by molar-refractivity contribution is 5.28. The zero-order valence-corrected chi connectivity index (χ0v) is 20.3. The van der Waals surface area contributed by atoms with Crippen molar-refractivity contribution in [3.8, 4) is 0 Å². The average molecular weight is 435 g/mol. The van der Waals surface area contributed by atoms with E-state index in [2.05, 4.69) is 26.8 Å². The van der Waals surface area contributed by atoms with E-state index in [4.69, 9.17) is 0 Å². The van der Waals surface area contributed by atoms with E-state index in [1.165, 1.54) is 5.57 Å². The van der Waals surface area contributed by atoms with E-state index in [0.717, 1.165) is 51.4 Å². The highest BCUT2D eigenvalue weighted by Gasteiger charge is 2.64. The van der Waals surface area contributed by atoms with Crippen molar-refractivity contribution in [3.63, 3.8) is 0 Å². The van der Waals surface area contributed by atoms with Crippen LogP contribution in [0.25, 0.3) is 0 Å². The first kappa shape index (κ1) is 23.7. The molecule has 4 rings (SSSR count). The zero-order chi connectivity index (χ0) is 22.8.